The summed E-state index contributed by atoms with van der Waals surface area (Å²) in [5, 5.41) is 1.13. The van der Waals surface area contributed by atoms with Gasteiger partial charge < -0.3 is 4.98 Å². The van der Waals surface area contributed by atoms with Crippen molar-refractivity contribution in [2.75, 3.05) is 12.3 Å². The Morgan fingerprint density at radius 1 is 1.00 bits per heavy atom. The zero-order valence-corrected chi connectivity index (χ0v) is 15.6. The second-order valence-electron chi connectivity index (χ2n) is 6.99. The van der Waals surface area contributed by atoms with Gasteiger partial charge in [0.15, 0.2) is 0 Å². The Kier molecular flexibility index (Phi) is 4.83. The van der Waals surface area contributed by atoms with E-state index in [9.17, 15) is 8.42 Å². The monoisotopic (exact) mass is 368 g/mol. The van der Waals surface area contributed by atoms with Crippen LogP contribution in [0.2, 0.25) is 0 Å². The Bertz CT molecular complexity index is 946. The highest BCUT2D eigenvalue weighted by Crippen LogP contribution is 2.34. The fourth-order valence-electron chi connectivity index (χ4n) is 3.83. The number of aromatic amines is 1. The molecular weight excluding hydrogens is 344 g/mol. The van der Waals surface area contributed by atoms with E-state index in [4.69, 9.17) is 0 Å². The van der Waals surface area contributed by atoms with Crippen molar-refractivity contribution in [3.05, 3.63) is 71.9 Å². The minimum atomic E-state index is -3.30. The summed E-state index contributed by atoms with van der Waals surface area (Å²) in [6.07, 6.45) is 3.42. The number of H-pyrrole nitrogens is 1. The third kappa shape index (κ3) is 3.55. The van der Waals surface area contributed by atoms with Crippen molar-refractivity contribution in [2.45, 2.75) is 31.7 Å². The van der Waals surface area contributed by atoms with Crippen molar-refractivity contribution >= 4 is 20.9 Å². The molecule has 0 aliphatic carbocycles. The standard InChI is InChI=1S/C21H24N2O2S/c24-26(25,15-13-17-8-2-1-3-9-17)23-14-7-6-12-21(23)20-16-18-10-4-5-11-19(18)22-20/h1-5,8-11,16,21-22H,6-7,12-15H2. The molecule has 26 heavy (non-hydrogen) atoms. The van der Waals surface area contributed by atoms with Gasteiger partial charge in [-0.15, -0.1) is 0 Å². The van der Waals surface area contributed by atoms with Crippen LogP contribution in [0.25, 0.3) is 10.9 Å². The molecule has 0 spiro atoms. The van der Waals surface area contributed by atoms with Crippen LogP contribution >= 0.6 is 0 Å². The van der Waals surface area contributed by atoms with Gasteiger partial charge in [0.25, 0.3) is 0 Å². The van der Waals surface area contributed by atoms with Gasteiger partial charge in [0.2, 0.25) is 10.0 Å². The van der Waals surface area contributed by atoms with Crippen molar-refractivity contribution in [3.63, 3.8) is 0 Å². The number of fused-ring (bicyclic) bond motifs is 1. The normalized spacial score (nSPS) is 19.0. The lowest BCUT2D eigenvalue weighted by Crippen LogP contribution is -2.40. The number of hydrogen-bond acceptors (Lipinski definition) is 2. The molecule has 0 saturated carbocycles. The van der Waals surface area contributed by atoms with Gasteiger partial charge in [-0.25, -0.2) is 8.42 Å². The topological polar surface area (TPSA) is 53.2 Å². The maximum absolute atomic E-state index is 13.1. The third-order valence-electron chi connectivity index (χ3n) is 5.21. The fourth-order valence-corrected chi connectivity index (χ4v) is 5.57. The summed E-state index contributed by atoms with van der Waals surface area (Å²) >= 11 is 0. The van der Waals surface area contributed by atoms with Gasteiger partial charge in [0.1, 0.15) is 0 Å². The van der Waals surface area contributed by atoms with Crippen molar-refractivity contribution in [2.24, 2.45) is 0 Å². The number of piperidine rings is 1. The molecule has 1 aromatic heterocycles. The van der Waals surface area contributed by atoms with Crippen molar-refractivity contribution in [1.29, 1.82) is 0 Å². The van der Waals surface area contributed by atoms with Gasteiger partial charge in [0.05, 0.1) is 11.8 Å². The van der Waals surface area contributed by atoms with Crippen LogP contribution in [-0.2, 0) is 16.4 Å². The maximum Gasteiger partial charge on any atom is 0.215 e. The highest BCUT2D eigenvalue weighted by Gasteiger charge is 2.33. The summed E-state index contributed by atoms with van der Waals surface area (Å²) in [6, 6.07) is 20.0. The Hall–Kier alpha value is -2.11. The minimum absolute atomic E-state index is 0.0862. The average Bonchev–Trinajstić information content (AvgIpc) is 3.11. The fraction of sp³-hybridized carbons (Fsp3) is 0.333. The zero-order chi connectivity index (χ0) is 18.0. The van der Waals surface area contributed by atoms with E-state index in [0.717, 1.165) is 41.4 Å². The minimum Gasteiger partial charge on any atom is -0.357 e. The molecule has 3 aromatic rings. The first kappa shape index (κ1) is 17.3. The molecule has 4 nitrogen and oxygen atoms in total. The van der Waals surface area contributed by atoms with Gasteiger partial charge >= 0.3 is 0 Å². The first-order chi connectivity index (χ1) is 12.6. The molecule has 1 unspecified atom stereocenters. The third-order valence-corrected chi connectivity index (χ3v) is 7.08. The largest absolute Gasteiger partial charge is 0.357 e. The molecule has 1 N–H and O–H groups in total. The van der Waals surface area contributed by atoms with Gasteiger partial charge in [-0.1, -0.05) is 55.0 Å². The zero-order valence-electron chi connectivity index (χ0n) is 14.8. The molecule has 1 aliphatic rings. The molecule has 136 valence electrons. The molecule has 1 fully saturated rings. The van der Waals surface area contributed by atoms with Crippen LogP contribution in [0, 0.1) is 0 Å². The smallest absolute Gasteiger partial charge is 0.215 e. The van der Waals surface area contributed by atoms with E-state index in [1.807, 2.05) is 48.5 Å². The first-order valence-electron chi connectivity index (χ1n) is 9.24. The maximum atomic E-state index is 13.1. The van der Waals surface area contributed by atoms with Crippen molar-refractivity contribution in [3.8, 4) is 0 Å². The molecule has 5 heteroatoms. The first-order valence-corrected chi connectivity index (χ1v) is 10.9. The Balaban J connectivity index is 1.58. The van der Waals surface area contributed by atoms with E-state index in [1.165, 1.54) is 0 Å². The molecule has 0 radical (unpaired) electrons. The van der Waals surface area contributed by atoms with Crippen LogP contribution in [-0.4, -0.2) is 30.0 Å². The molecule has 4 rings (SSSR count). The SMILES string of the molecule is O=S(=O)(CCc1ccccc1)N1CCCCC1c1cc2ccccc2[nH]1. The van der Waals surface area contributed by atoms with Crippen molar-refractivity contribution < 1.29 is 8.42 Å². The second kappa shape index (κ2) is 7.25. The highest BCUT2D eigenvalue weighted by atomic mass is 32.2. The quantitative estimate of drug-likeness (QED) is 0.731. The number of para-hydroxylation sites is 1. The summed E-state index contributed by atoms with van der Waals surface area (Å²) in [6.45, 7) is 0.608. The van der Waals surface area contributed by atoms with E-state index >= 15 is 0 Å². The van der Waals surface area contributed by atoms with E-state index < -0.39 is 10.0 Å². The predicted molar refractivity (Wildman–Crippen MR) is 106 cm³/mol. The molecule has 0 bridgehead atoms. The number of benzene rings is 2. The number of rotatable bonds is 5. The van der Waals surface area contributed by atoms with Crippen LogP contribution in [0.5, 0.6) is 0 Å². The molecular formula is C21H24N2O2S. The number of nitrogens with one attached hydrogen (secondary N) is 1. The Morgan fingerprint density at radius 3 is 2.58 bits per heavy atom. The Morgan fingerprint density at radius 2 is 1.77 bits per heavy atom. The molecule has 1 saturated heterocycles. The lowest BCUT2D eigenvalue weighted by atomic mass is 10.0. The van der Waals surface area contributed by atoms with Gasteiger partial charge in [-0.3, -0.25) is 0 Å². The number of hydrogen-bond donors (Lipinski definition) is 1. The lowest BCUT2D eigenvalue weighted by Gasteiger charge is -2.34. The second-order valence-corrected chi connectivity index (χ2v) is 9.03. The number of aryl methyl sites for hydroxylation is 1. The van der Waals surface area contributed by atoms with Crippen LogP contribution in [0.4, 0.5) is 0 Å². The van der Waals surface area contributed by atoms with E-state index in [2.05, 4.69) is 17.1 Å². The van der Waals surface area contributed by atoms with Crippen LogP contribution in [0.1, 0.15) is 36.6 Å². The highest BCUT2D eigenvalue weighted by molar-refractivity contribution is 7.89. The average molecular weight is 369 g/mol. The Labute approximate surface area is 154 Å². The summed E-state index contributed by atoms with van der Waals surface area (Å²) in [7, 11) is -3.30. The van der Waals surface area contributed by atoms with Crippen molar-refractivity contribution in [1.82, 2.24) is 9.29 Å². The molecule has 1 aliphatic heterocycles. The van der Waals surface area contributed by atoms with Gasteiger partial charge in [-0.2, -0.15) is 4.31 Å². The predicted octanol–water partition coefficient (Wildman–Crippen LogP) is 4.27. The summed E-state index contributed by atoms with van der Waals surface area (Å²) in [4.78, 5) is 3.44. The number of nitrogens with zero attached hydrogens (tertiary/aromatic N) is 1. The van der Waals surface area contributed by atoms with E-state index in [-0.39, 0.29) is 11.8 Å². The van der Waals surface area contributed by atoms with Gasteiger partial charge in [0, 0.05) is 17.8 Å². The number of sulfonamides is 1. The van der Waals surface area contributed by atoms with Crippen LogP contribution in [0.3, 0.4) is 0 Å². The summed E-state index contributed by atoms with van der Waals surface area (Å²) in [5.74, 6) is 0.160. The molecule has 2 aromatic carbocycles. The van der Waals surface area contributed by atoms with E-state index in [1.54, 1.807) is 4.31 Å². The molecule has 0 amide bonds. The van der Waals surface area contributed by atoms with Crippen LogP contribution in [0.15, 0.2) is 60.7 Å². The lowest BCUT2D eigenvalue weighted by molar-refractivity contribution is 0.252. The van der Waals surface area contributed by atoms with Gasteiger partial charge in [-0.05, 0) is 42.3 Å². The van der Waals surface area contributed by atoms with E-state index in [0.29, 0.717) is 13.0 Å². The summed E-state index contributed by atoms with van der Waals surface area (Å²) in [5.41, 5.74) is 3.14. The molecule has 2 heterocycles. The van der Waals surface area contributed by atoms with Crippen LogP contribution < -0.4 is 0 Å². The molecule has 1 atom stereocenters. The summed E-state index contributed by atoms with van der Waals surface area (Å²) < 4.78 is 27.9. The number of aromatic nitrogens is 1.